The van der Waals surface area contributed by atoms with E-state index in [4.69, 9.17) is 5.73 Å². The Morgan fingerprint density at radius 3 is 2.40 bits per heavy atom. The minimum Gasteiger partial charge on any atom is -0.366 e. The van der Waals surface area contributed by atoms with Crippen LogP contribution in [0.2, 0.25) is 0 Å². The predicted octanol–water partition coefficient (Wildman–Crippen LogP) is 2.50. The van der Waals surface area contributed by atoms with E-state index in [9.17, 15) is 0 Å². The molecule has 0 spiro atoms. The molecule has 0 aliphatic carbocycles. The van der Waals surface area contributed by atoms with Crippen molar-refractivity contribution in [3.63, 3.8) is 0 Å². The second-order valence-corrected chi connectivity index (χ2v) is 6.32. The van der Waals surface area contributed by atoms with Crippen LogP contribution in [-0.4, -0.2) is 43.2 Å². The molecule has 1 heterocycles. The third-order valence-corrected chi connectivity index (χ3v) is 4.92. The number of aryl methyl sites for hydroxylation is 1. The van der Waals surface area contributed by atoms with Gasteiger partial charge >= 0.3 is 0 Å². The average molecular weight is 275 g/mol. The lowest BCUT2D eigenvalue weighted by Crippen LogP contribution is -2.54. The summed E-state index contributed by atoms with van der Waals surface area (Å²) in [5.41, 5.74) is 8.90. The SMILES string of the molecule is CCc1ccc(N(C)C2(CN)CCN(C(C)C)C2)cc1. The summed E-state index contributed by atoms with van der Waals surface area (Å²) in [5, 5.41) is 0. The highest BCUT2D eigenvalue weighted by Crippen LogP contribution is 2.31. The molecular weight excluding hydrogens is 246 g/mol. The Morgan fingerprint density at radius 2 is 1.95 bits per heavy atom. The third kappa shape index (κ3) is 2.84. The Bertz CT molecular complexity index is 426. The van der Waals surface area contributed by atoms with Gasteiger partial charge in [0, 0.05) is 38.4 Å². The van der Waals surface area contributed by atoms with Gasteiger partial charge in [0.15, 0.2) is 0 Å². The summed E-state index contributed by atoms with van der Waals surface area (Å²) in [6, 6.07) is 9.51. The zero-order valence-electron chi connectivity index (χ0n) is 13.4. The van der Waals surface area contributed by atoms with Crippen molar-refractivity contribution in [3.05, 3.63) is 29.8 Å². The summed E-state index contributed by atoms with van der Waals surface area (Å²) in [6.45, 7) is 9.64. The van der Waals surface area contributed by atoms with Crippen molar-refractivity contribution in [2.45, 2.75) is 45.2 Å². The van der Waals surface area contributed by atoms with Crippen LogP contribution in [0, 0.1) is 0 Å². The molecule has 3 nitrogen and oxygen atoms in total. The molecule has 0 amide bonds. The number of anilines is 1. The Hall–Kier alpha value is -1.06. The number of rotatable bonds is 5. The molecule has 112 valence electrons. The summed E-state index contributed by atoms with van der Waals surface area (Å²) in [5.74, 6) is 0. The molecule has 0 aromatic heterocycles. The smallest absolute Gasteiger partial charge is 0.0659 e. The maximum Gasteiger partial charge on any atom is 0.0659 e. The molecule has 1 saturated heterocycles. The standard InChI is InChI=1S/C17H29N3/c1-5-15-6-8-16(9-7-15)19(4)17(12-18)10-11-20(13-17)14(2)3/h6-9,14H,5,10-13,18H2,1-4H3. The van der Waals surface area contributed by atoms with Gasteiger partial charge in [-0.3, -0.25) is 4.90 Å². The molecule has 0 saturated carbocycles. The lowest BCUT2D eigenvalue weighted by Gasteiger charge is -2.40. The molecular formula is C17H29N3. The van der Waals surface area contributed by atoms with E-state index in [1.807, 2.05) is 0 Å². The molecule has 1 fully saturated rings. The first kappa shape index (κ1) is 15.3. The van der Waals surface area contributed by atoms with Crippen LogP contribution in [0.1, 0.15) is 32.8 Å². The average Bonchev–Trinajstić information content (AvgIpc) is 2.92. The van der Waals surface area contributed by atoms with Gasteiger partial charge in [-0.05, 0) is 44.4 Å². The molecule has 1 atom stereocenters. The number of hydrogen-bond acceptors (Lipinski definition) is 3. The monoisotopic (exact) mass is 275 g/mol. The molecule has 2 N–H and O–H groups in total. The minimum absolute atomic E-state index is 0.0814. The second kappa shape index (κ2) is 6.15. The van der Waals surface area contributed by atoms with Gasteiger partial charge < -0.3 is 10.6 Å². The van der Waals surface area contributed by atoms with Gasteiger partial charge in [0.25, 0.3) is 0 Å². The van der Waals surface area contributed by atoms with Crippen molar-refractivity contribution in [2.75, 3.05) is 31.6 Å². The fraction of sp³-hybridized carbons (Fsp3) is 0.647. The van der Waals surface area contributed by atoms with Crippen LogP contribution in [-0.2, 0) is 6.42 Å². The molecule has 20 heavy (non-hydrogen) atoms. The summed E-state index contributed by atoms with van der Waals surface area (Å²) in [6.07, 6.45) is 2.24. The summed E-state index contributed by atoms with van der Waals surface area (Å²) >= 11 is 0. The minimum atomic E-state index is 0.0814. The molecule has 1 aliphatic heterocycles. The van der Waals surface area contributed by atoms with Crippen LogP contribution in [0.15, 0.2) is 24.3 Å². The molecule has 0 radical (unpaired) electrons. The summed E-state index contributed by atoms with van der Waals surface area (Å²) in [7, 11) is 2.19. The van der Waals surface area contributed by atoms with Gasteiger partial charge in [-0.15, -0.1) is 0 Å². The Balaban J connectivity index is 2.18. The van der Waals surface area contributed by atoms with Crippen LogP contribution in [0.3, 0.4) is 0 Å². The molecule has 1 aliphatic rings. The number of hydrogen-bond donors (Lipinski definition) is 1. The highest BCUT2D eigenvalue weighted by molar-refractivity contribution is 5.50. The largest absolute Gasteiger partial charge is 0.366 e. The van der Waals surface area contributed by atoms with Gasteiger partial charge in [0.1, 0.15) is 0 Å². The Kier molecular flexibility index (Phi) is 4.71. The van der Waals surface area contributed by atoms with E-state index < -0.39 is 0 Å². The number of nitrogens with two attached hydrogens (primary N) is 1. The lowest BCUT2D eigenvalue weighted by atomic mass is 9.95. The van der Waals surface area contributed by atoms with Gasteiger partial charge in [-0.1, -0.05) is 19.1 Å². The Labute approximate surface area is 123 Å². The lowest BCUT2D eigenvalue weighted by molar-refractivity contribution is 0.255. The molecule has 0 bridgehead atoms. The van der Waals surface area contributed by atoms with Crippen LogP contribution in [0.5, 0.6) is 0 Å². The van der Waals surface area contributed by atoms with Crippen LogP contribution in [0.4, 0.5) is 5.69 Å². The van der Waals surface area contributed by atoms with Crippen molar-refractivity contribution in [1.82, 2.24) is 4.90 Å². The normalized spacial score (nSPS) is 23.5. The van der Waals surface area contributed by atoms with E-state index in [2.05, 4.69) is 61.9 Å². The highest BCUT2D eigenvalue weighted by atomic mass is 15.3. The van der Waals surface area contributed by atoms with Crippen molar-refractivity contribution >= 4 is 5.69 Å². The van der Waals surface area contributed by atoms with Crippen molar-refractivity contribution in [1.29, 1.82) is 0 Å². The molecule has 3 heteroatoms. The topological polar surface area (TPSA) is 32.5 Å². The predicted molar refractivity (Wildman–Crippen MR) is 87.3 cm³/mol. The van der Waals surface area contributed by atoms with E-state index in [0.717, 1.165) is 25.9 Å². The highest BCUT2D eigenvalue weighted by Gasteiger charge is 2.41. The van der Waals surface area contributed by atoms with E-state index in [1.165, 1.54) is 11.3 Å². The number of benzene rings is 1. The van der Waals surface area contributed by atoms with Crippen LogP contribution >= 0.6 is 0 Å². The zero-order chi connectivity index (χ0) is 14.8. The van der Waals surface area contributed by atoms with Gasteiger partial charge in [-0.25, -0.2) is 0 Å². The van der Waals surface area contributed by atoms with Crippen LogP contribution in [0.25, 0.3) is 0 Å². The molecule has 2 rings (SSSR count). The maximum absolute atomic E-state index is 6.16. The maximum atomic E-state index is 6.16. The van der Waals surface area contributed by atoms with E-state index >= 15 is 0 Å². The number of likely N-dealkylation sites (tertiary alicyclic amines) is 1. The fourth-order valence-electron chi connectivity index (χ4n) is 3.14. The fourth-order valence-corrected chi connectivity index (χ4v) is 3.14. The van der Waals surface area contributed by atoms with Crippen LogP contribution < -0.4 is 10.6 Å². The number of nitrogens with zero attached hydrogens (tertiary/aromatic N) is 2. The van der Waals surface area contributed by atoms with Gasteiger partial charge in [-0.2, -0.15) is 0 Å². The third-order valence-electron chi connectivity index (χ3n) is 4.92. The van der Waals surface area contributed by atoms with E-state index in [0.29, 0.717) is 12.6 Å². The zero-order valence-corrected chi connectivity index (χ0v) is 13.4. The van der Waals surface area contributed by atoms with Gasteiger partial charge in [0.05, 0.1) is 5.54 Å². The summed E-state index contributed by atoms with van der Waals surface area (Å²) < 4.78 is 0. The first-order valence-electron chi connectivity index (χ1n) is 7.79. The van der Waals surface area contributed by atoms with E-state index in [-0.39, 0.29) is 5.54 Å². The quantitative estimate of drug-likeness (QED) is 0.896. The second-order valence-electron chi connectivity index (χ2n) is 6.32. The molecule has 1 aromatic rings. The first-order chi connectivity index (χ1) is 9.52. The van der Waals surface area contributed by atoms with E-state index in [1.54, 1.807) is 0 Å². The Morgan fingerprint density at radius 1 is 1.30 bits per heavy atom. The number of likely N-dealkylation sites (N-methyl/N-ethyl adjacent to an activating group) is 1. The van der Waals surface area contributed by atoms with Crippen molar-refractivity contribution in [2.24, 2.45) is 5.73 Å². The van der Waals surface area contributed by atoms with Crippen molar-refractivity contribution in [3.8, 4) is 0 Å². The van der Waals surface area contributed by atoms with Gasteiger partial charge in [0.2, 0.25) is 0 Å². The molecule has 1 aromatic carbocycles. The first-order valence-corrected chi connectivity index (χ1v) is 7.79. The summed E-state index contributed by atoms with van der Waals surface area (Å²) in [4.78, 5) is 4.93. The molecule has 1 unspecified atom stereocenters. The van der Waals surface area contributed by atoms with Crippen molar-refractivity contribution < 1.29 is 0 Å².